The number of carbonyl (C=O) groups is 1. The minimum atomic E-state index is -0.0904. The Labute approximate surface area is 90.7 Å². The summed E-state index contributed by atoms with van der Waals surface area (Å²) >= 11 is 1.49. The Balaban J connectivity index is 2.19. The molecule has 0 aliphatic carbocycles. The average molecular weight is 217 g/mol. The number of carbonyl (C=O) groups excluding carboxylic acids is 1. The third-order valence-electron chi connectivity index (χ3n) is 2.22. The largest absolute Gasteiger partial charge is 0.317 e. The van der Waals surface area contributed by atoms with Crippen LogP contribution in [0.2, 0.25) is 0 Å². The summed E-state index contributed by atoms with van der Waals surface area (Å²) in [7, 11) is 0. The summed E-state index contributed by atoms with van der Waals surface area (Å²) in [4.78, 5) is 17.7. The molecule has 0 atom stereocenters. The molecule has 2 aliphatic heterocycles. The molecule has 1 N–H and O–H groups in total. The van der Waals surface area contributed by atoms with Crippen LogP contribution in [0.5, 0.6) is 0 Å². The van der Waals surface area contributed by atoms with Crippen LogP contribution in [0.4, 0.5) is 11.5 Å². The molecule has 3 heterocycles. The minimum absolute atomic E-state index is 0.0904. The molecule has 0 spiro atoms. The number of thioether (sulfide) groups is 1. The molecule has 4 nitrogen and oxygen atoms in total. The molecule has 0 bridgehead atoms. The maximum absolute atomic E-state index is 11.7. The third kappa shape index (κ3) is 1.24. The van der Waals surface area contributed by atoms with Crippen LogP contribution in [0.1, 0.15) is 0 Å². The van der Waals surface area contributed by atoms with Crippen LogP contribution in [0, 0.1) is 0 Å². The fraction of sp³-hybridized carbons (Fsp3) is 0. The Hall–Kier alpha value is -1.75. The number of hydrogen-bond acceptors (Lipinski definition) is 4. The van der Waals surface area contributed by atoms with Crippen LogP contribution in [0.25, 0.3) is 0 Å². The van der Waals surface area contributed by atoms with E-state index in [0.717, 1.165) is 11.5 Å². The zero-order valence-electron chi connectivity index (χ0n) is 7.68. The van der Waals surface area contributed by atoms with Crippen LogP contribution in [0.3, 0.4) is 0 Å². The van der Waals surface area contributed by atoms with E-state index in [9.17, 15) is 4.79 Å². The zero-order chi connectivity index (χ0) is 10.3. The van der Waals surface area contributed by atoms with Gasteiger partial charge in [-0.3, -0.25) is 9.69 Å². The quantitative estimate of drug-likeness (QED) is 0.721. The molecule has 74 valence electrons. The lowest BCUT2D eigenvalue weighted by Gasteiger charge is -2.30. The van der Waals surface area contributed by atoms with Gasteiger partial charge < -0.3 is 5.32 Å². The summed E-state index contributed by atoms with van der Waals surface area (Å²) in [6.45, 7) is 0. The molecule has 15 heavy (non-hydrogen) atoms. The minimum Gasteiger partial charge on any atom is -0.317 e. The monoisotopic (exact) mass is 217 g/mol. The van der Waals surface area contributed by atoms with Crippen LogP contribution >= 0.6 is 11.8 Å². The van der Waals surface area contributed by atoms with Gasteiger partial charge >= 0.3 is 0 Å². The highest BCUT2D eigenvalue weighted by molar-refractivity contribution is 8.05. The van der Waals surface area contributed by atoms with Crippen molar-refractivity contribution in [2.24, 2.45) is 0 Å². The van der Waals surface area contributed by atoms with E-state index in [1.165, 1.54) is 11.8 Å². The van der Waals surface area contributed by atoms with Crippen LogP contribution in [0.15, 0.2) is 41.0 Å². The molecule has 0 fully saturated rings. The number of fused-ring (bicyclic) bond motifs is 3. The van der Waals surface area contributed by atoms with Gasteiger partial charge in [0.25, 0.3) is 5.91 Å². The highest BCUT2D eigenvalue weighted by Crippen LogP contribution is 2.34. The Morgan fingerprint density at radius 3 is 3.33 bits per heavy atom. The van der Waals surface area contributed by atoms with E-state index in [-0.39, 0.29) is 5.91 Å². The molecule has 5 heteroatoms. The van der Waals surface area contributed by atoms with Crippen molar-refractivity contribution in [3.8, 4) is 0 Å². The normalized spacial score (nSPS) is 17.7. The van der Waals surface area contributed by atoms with Crippen molar-refractivity contribution in [1.29, 1.82) is 0 Å². The molecule has 2 aliphatic rings. The van der Waals surface area contributed by atoms with Crippen molar-refractivity contribution < 1.29 is 4.79 Å². The van der Waals surface area contributed by atoms with Gasteiger partial charge in [0.1, 0.15) is 5.70 Å². The van der Waals surface area contributed by atoms with Crippen molar-refractivity contribution in [3.63, 3.8) is 0 Å². The molecule has 0 unspecified atom stereocenters. The fourth-order valence-electron chi connectivity index (χ4n) is 1.56. The van der Waals surface area contributed by atoms with Gasteiger partial charge in [0.15, 0.2) is 5.82 Å². The number of nitrogens with zero attached hydrogens (tertiary/aromatic N) is 2. The first-order valence-corrected chi connectivity index (χ1v) is 5.38. The fourth-order valence-corrected chi connectivity index (χ4v) is 2.18. The maximum atomic E-state index is 11.7. The van der Waals surface area contributed by atoms with E-state index >= 15 is 0 Å². The van der Waals surface area contributed by atoms with Crippen molar-refractivity contribution in [2.45, 2.75) is 0 Å². The lowest BCUT2D eigenvalue weighted by Crippen LogP contribution is -2.33. The molecular weight excluding hydrogens is 210 g/mol. The second-order valence-corrected chi connectivity index (χ2v) is 3.90. The predicted octanol–water partition coefficient (Wildman–Crippen LogP) is 1.90. The molecular formula is C10H7N3OS. The number of aromatic nitrogens is 1. The third-order valence-corrected chi connectivity index (χ3v) is 2.86. The number of rotatable bonds is 0. The molecule has 0 saturated carbocycles. The van der Waals surface area contributed by atoms with Crippen molar-refractivity contribution in [2.75, 3.05) is 10.2 Å². The van der Waals surface area contributed by atoms with Gasteiger partial charge in [0, 0.05) is 17.8 Å². The Morgan fingerprint density at radius 1 is 1.47 bits per heavy atom. The number of pyridine rings is 1. The highest BCUT2D eigenvalue weighted by Gasteiger charge is 2.28. The van der Waals surface area contributed by atoms with E-state index in [1.54, 1.807) is 17.2 Å². The Kier molecular flexibility index (Phi) is 1.78. The lowest BCUT2D eigenvalue weighted by molar-refractivity contribution is -0.113. The lowest BCUT2D eigenvalue weighted by atomic mass is 10.2. The Morgan fingerprint density at radius 2 is 2.40 bits per heavy atom. The van der Waals surface area contributed by atoms with Crippen molar-refractivity contribution in [1.82, 2.24) is 4.98 Å². The predicted molar refractivity (Wildman–Crippen MR) is 60.2 cm³/mol. The maximum Gasteiger partial charge on any atom is 0.273 e. The van der Waals surface area contributed by atoms with Crippen LogP contribution < -0.4 is 10.2 Å². The summed E-state index contributed by atoms with van der Waals surface area (Å²) in [5.41, 5.74) is 1.37. The van der Waals surface area contributed by atoms with Gasteiger partial charge in [-0.25, -0.2) is 4.98 Å². The van der Waals surface area contributed by atoms with E-state index in [2.05, 4.69) is 10.3 Å². The SMILES string of the molecule is O=C1Nc2cccnc2N2C=CSC=C12. The molecule has 1 aromatic rings. The Bertz CT molecular complexity index is 495. The molecule has 0 aromatic carbocycles. The molecule has 0 saturated heterocycles. The van der Waals surface area contributed by atoms with Crippen molar-refractivity contribution >= 4 is 29.2 Å². The van der Waals surface area contributed by atoms with Gasteiger partial charge in [0.2, 0.25) is 0 Å². The summed E-state index contributed by atoms with van der Waals surface area (Å²) in [5.74, 6) is 0.673. The smallest absolute Gasteiger partial charge is 0.273 e. The van der Waals surface area contributed by atoms with Gasteiger partial charge in [-0.15, -0.1) is 11.8 Å². The number of nitrogens with one attached hydrogen (secondary N) is 1. The van der Waals surface area contributed by atoms with Gasteiger partial charge in [-0.1, -0.05) is 0 Å². The van der Waals surface area contributed by atoms with Gasteiger partial charge in [0.05, 0.1) is 5.69 Å². The highest BCUT2D eigenvalue weighted by atomic mass is 32.2. The zero-order valence-corrected chi connectivity index (χ0v) is 8.49. The van der Waals surface area contributed by atoms with Crippen LogP contribution in [-0.2, 0) is 4.79 Å². The first-order chi connectivity index (χ1) is 7.36. The standard InChI is InChI=1S/C10H7N3OS/c14-10-8-6-15-5-4-13(8)9-7(12-10)2-1-3-11-9/h1-6H,(H,12,14). The first-order valence-electron chi connectivity index (χ1n) is 4.44. The second-order valence-electron chi connectivity index (χ2n) is 3.12. The molecule has 0 radical (unpaired) electrons. The van der Waals surface area contributed by atoms with E-state index < -0.39 is 0 Å². The molecule has 1 aromatic heterocycles. The van der Waals surface area contributed by atoms with Crippen molar-refractivity contribution in [3.05, 3.63) is 41.0 Å². The number of amides is 1. The van der Waals surface area contributed by atoms with E-state index in [0.29, 0.717) is 5.70 Å². The number of anilines is 2. The van der Waals surface area contributed by atoms with E-state index in [4.69, 9.17) is 0 Å². The number of hydrogen-bond donors (Lipinski definition) is 1. The molecule has 1 amide bonds. The summed E-state index contributed by atoms with van der Waals surface area (Å²) in [6.07, 6.45) is 3.56. The summed E-state index contributed by atoms with van der Waals surface area (Å²) in [5, 5.41) is 6.53. The second kappa shape index (κ2) is 3.13. The summed E-state index contributed by atoms with van der Waals surface area (Å²) in [6, 6.07) is 3.64. The first kappa shape index (κ1) is 8.55. The summed E-state index contributed by atoms with van der Waals surface area (Å²) < 4.78 is 0. The topological polar surface area (TPSA) is 45.2 Å². The van der Waals surface area contributed by atoms with Crippen LogP contribution in [-0.4, -0.2) is 10.9 Å². The van der Waals surface area contributed by atoms with Gasteiger partial charge in [-0.2, -0.15) is 0 Å². The molecule has 3 rings (SSSR count). The van der Waals surface area contributed by atoms with Gasteiger partial charge in [-0.05, 0) is 17.5 Å². The average Bonchev–Trinajstić information content (AvgIpc) is 2.30. The van der Waals surface area contributed by atoms with E-state index in [1.807, 2.05) is 23.1 Å².